The highest BCUT2D eigenvalue weighted by Gasteiger charge is 2.12. The summed E-state index contributed by atoms with van der Waals surface area (Å²) in [5.74, 6) is 1.47. The Hall–Kier alpha value is -3.91. The van der Waals surface area contributed by atoms with Gasteiger partial charge in [0, 0.05) is 29.0 Å². The lowest BCUT2D eigenvalue weighted by molar-refractivity contribution is 0.102. The molecule has 31 heavy (non-hydrogen) atoms. The van der Waals surface area contributed by atoms with Gasteiger partial charge in [0.15, 0.2) is 11.5 Å². The first-order valence-electron chi connectivity index (χ1n) is 9.24. The van der Waals surface area contributed by atoms with E-state index in [1.807, 2.05) is 18.2 Å². The molecule has 0 saturated carbocycles. The van der Waals surface area contributed by atoms with Gasteiger partial charge in [0.05, 0.1) is 25.3 Å². The molecule has 4 aromatic rings. The topological polar surface area (TPSA) is 98.3 Å². The molecule has 0 bridgehead atoms. The molecule has 9 heteroatoms. The monoisotopic (exact) mass is 435 g/mol. The van der Waals surface area contributed by atoms with E-state index in [1.165, 1.54) is 12.5 Å². The van der Waals surface area contributed by atoms with Gasteiger partial charge in [-0.1, -0.05) is 17.7 Å². The number of methoxy groups -OCH3 is 2. The van der Waals surface area contributed by atoms with E-state index in [9.17, 15) is 4.79 Å². The van der Waals surface area contributed by atoms with Crippen LogP contribution in [0.3, 0.4) is 0 Å². The van der Waals surface area contributed by atoms with Gasteiger partial charge < -0.3 is 20.1 Å². The van der Waals surface area contributed by atoms with Crippen molar-refractivity contribution < 1.29 is 14.3 Å². The Balaban J connectivity index is 1.59. The summed E-state index contributed by atoms with van der Waals surface area (Å²) in [5, 5.41) is 7.20. The van der Waals surface area contributed by atoms with Gasteiger partial charge in [0.25, 0.3) is 5.91 Å². The molecule has 0 saturated heterocycles. The van der Waals surface area contributed by atoms with Gasteiger partial charge in [-0.05, 0) is 36.4 Å². The van der Waals surface area contributed by atoms with Crippen LogP contribution in [0.25, 0.3) is 10.9 Å². The molecule has 2 N–H and O–H groups in total. The maximum atomic E-state index is 12.4. The summed E-state index contributed by atoms with van der Waals surface area (Å²) >= 11 is 5.78. The van der Waals surface area contributed by atoms with E-state index in [-0.39, 0.29) is 5.91 Å². The second-order valence-electron chi connectivity index (χ2n) is 6.48. The number of benzene rings is 2. The number of hydrogen-bond acceptors (Lipinski definition) is 7. The lowest BCUT2D eigenvalue weighted by atomic mass is 10.2. The lowest BCUT2D eigenvalue weighted by Gasteiger charge is -2.13. The Bertz CT molecular complexity index is 1250. The Kier molecular flexibility index (Phi) is 5.81. The van der Waals surface area contributed by atoms with Gasteiger partial charge in [0.1, 0.15) is 17.3 Å². The summed E-state index contributed by atoms with van der Waals surface area (Å²) in [5.41, 5.74) is 2.46. The molecule has 0 atom stereocenters. The van der Waals surface area contributed by atoms with E-state index in [2.05, 4.69) is 25.6 Å². The van der Waals surface area contributed by atoms with Crippen molar-refractivity contribution in [2.45, 2.75) is 0 Å². The van der Waals surface area contributed by atoms with Crippen molar-refractivity contribution in [1.29, 1.82) is 0 Å². The molecule has 0 aliphatic rings. The quantitative estimate of drug-likeness (QED) is 0.424. The summed E-state index contributed by atoms with van der Waals surface area (Å²) in [6.07, 6.45) is 2.89. The molecule has 2 aromatic heterocycles. The first kappa shape index (κ1) is 20.4. The van der Waals surface area contributed by atoms with Crippen LogP contribution in [-0.2, 0) is 0 Å². The van der Waals surface area contributed by atoms with Gasteiger partial charge in [-0.2, -0.15) is 0 Å². The predicted molar refractivity (Wildman–Crippen MR) is 120 cm³/mol. The Morgan fingerprint density at radius 3 is 2.45 bits per heavy atom. The zero-order valence-corrected chi connectivity index (χ0v) is 17.5. The summed E-state index contributed by atoms with van der Waals surface area (Å²) in [6, 6.07) is 14.1. The number of aromatic nitrogens is 3. The SMILES string of the molecule is COc1cc2ncnc(Nc3cccc(NC(=O)c4ccc(Cl)nc4)c3)c2cc1OC. The molecule has 1 amide bonds. The first-order valence-corrected chi connectivity index (χ1v) is 9.62. The average molecular weight is 436 g/mol. The normalized spacial score (nSPS) is 10.5. The minimum Gasteiger partial charge on any atom is -0.493 e. The lowest BCUT2D eigenvalue weighted by Crippen LogP contribution is -2.12. The Labute approximate surface area is 183 Å². The molecule has 2 aromatic carbocycles. The second-order valence-corrected chi connectivity index (χ2v) is 6.86. The van der Waals surface area contributed by atoms with Gasteiger partial charge in [0.2, 0.25) is 0 Å². The summed E-state index contributed by atoms with van der Waals surface area (Å²) in [4.78, 5) is 25.0. The molecule has 0 radical (unpaired) electrons. The average Bonchev–Trinajstić information content (AvgIpc) is 2.79. The summed E-state index contributed by atoms with van der Waals surface area (Å²) in [6.45, 7) is 0. The maximum Gasteiger partial charge on any atom is 0.257 e. The van der Waals surface area contributed by atoms with Crippen molar-refractivity contribution in [3.8, 4) is 11.5 Å². The molecule has 0 fully saturated rings. The van der Waals surface area contributed by atoms with Crippen molar-refractivity contribution >= 4 is 45.6 Å². The second kappa shape index (κ2) is 8.85. The van der Waals surface area contributed by atoms with Gasteiger partial charge >= 0.3 is 0 Å². The molecule has 156 valence electrons. The number of nitrogens with zero attached hydrogens (tertiary/aromatic N) is 3. The van der Waals surface area contributed by atoms with Gasteiger partial charge in [-0.3, -0.25) is 4.79 Å². The first-order chi connectivity index (χ1) is 15.1. The van der Waals surface area contributed by atoms with Crippen LogP contribution in [0.1, 0.15) is 10.4 Å². The molecular formula is C22H18ClN5O3. The van der Waals surface area contributed by atoms with Crippen LogP contribution in [0.2, 0.25) is 5.15 Å². The molecule has 0 aliphatic carbocycles. The fourth-order valence-electron chi connectivity index (χ4n) is 3.01. The number of pyridine rings is 1. The number of carbonyl (C=O) groups is 1. The minimum atomic E-state index is -0.286. The standard InChI is InChI=1S/C22H18ClN5O3/c1-30-18-9-16-17(10-19(18)31-2)25-12-26-21(16)27-14-4-3-5-15(8-14)28-22(29)13-6-7-20(23)24-11-13/h3-12H,1-2H3,(H,28,29)(H,25,26,27). The number of anilines is 3. The molecular weight excluding hydrogens is 418 g/mol. The minimum absolute atomic E-state index is 0.286. The molecule has 0 aliphatic heterocycles. The van der Waals surface area contributed by atoms with E-state index in [0.29, 0.717) is 39.2 Å². The largest absolute Gasteiger partial charge is 0.493 e. The highest BCUT2D eigenvalue weighted by atomic mass is 35.5. The van der Waals surface area contributed by atoms with Crippen molar-refractivity contribution in [2.24, 2.45) is 0 Å². The Morgan fingerprint density at radius 2 is 1.71 bits per heavy atom. The number of amides is 1. The van der Waals surface area contributed by atoms with Crippen LogP contribution in [0, 0.1) is 0 Å². The van der Waals surface area contributed by atoms with Crippen LogP contribution in [0.5, 0.6) is 11.5 Å². The summed E-state index contributed by atoms with van der Waals surface area (Å²) in [7, 11) is 3.15. The molecule has 2 heterocycles. The van der Waals surface area contributed by atoms with Crippen LogP contribution < -0.4 is 20.1 Å². The number of nitrogens with one attached hydrogen (secondary N) is 2. The fourth-order valence-corrected chi connectivity index (χ4v) is 3.12. The van der Waals surface area contributed by atoms with Crippen molar-refractivity contribution in [3.63, 3.8) is 0 Å². The number of rotatable bonds is 6. The van der Waals surface area contributed by atoms with Crippen LogP contribution in [0.4, 0.5) is 17.2 Å². The van der Waals surface area contributed by atoms with E-state index in [4.69, 9.17) is 21.1 Å². The molecule has 0 unspecified atom stereocenters. The zero-order chi connectivity index (χ0) is 21.8. The van der Waals surface area contributed by atoms with Gasteiger partial charge in [-0.25, -0.2) is 15.0 Å². The third-order valence-corrected chi connectivity index (χ3v) is 4.74. The maximum absolute atomic E-state index is 12.4. The molecule has 4 rings (SSSR count). The van der Waals surface area contributed by atoms with Crippen molar-refractivity contribution in [1.82, 2.24) is 15.0 Å². The van der Waals surface area contributed by atoms with Crippen LogP contribution >= 0.6 is 11.6 Å². The Morgan fingerprint density at radius 1 is 0.935 bits per heavy atom. The van der Waals surface area contributed by atoms with E-state index < -0.39 is 0 Å². The molecule has 8 nitrogen and oxygen atoms in total. The van der Waals surface area contributed by atoms with Gasteiger partial charge in [-0.15, -0.1) is 0 Å². The number of carbonyl (C=O) groups excluding carboxylic acids is 1. The number of halogens is 1. The highest BCUT2D eigenvalue weighted by Crippen LogP contribution is 2.34. The van der Waals surface area contributed by atoms with Crippen molar-refractivity contribution in [3.05, 3.63) is 71.8 Å². The smallest absolute Gasteiger partial charge is 0.257 e. The zero-order valence-electron chi connectivity index (χ0n) is 16.7. The number of ether oxygens (including phenoxy) is 2. The highest BCUT2D eigenvalue weighted by molar-refractivity contribution is 6.29. The van der Waals surface area contributed by atoms with Crippen LogP contribution in [0.15, 0.2) is 61.1 Å². The van der Waals surface area contributed by atoms with E-state index in [0.717, 1.165) is 11.1 Å². The number of hydrogen-bond donors (Lipinski definition) is 2. The number of fused-ring (bicyclic) bond motifs is 1. The summed E-state index contributed by atoms with van der Waals surface area (Å²) < 4.78 is 10.7. The van der Waals surface area contributed by atoms with Crippen molar-refractivity contribution in [2.75, 3.05) is 24.9 Å². The third-order valence-electron chi connectivity index (χ3n) is 4.51. The predicted octanol–water partition coefficient (Wildman–Crippen LogP) is 4.69. The third kappa shape index (κ3) is 4.49. The van der Waals surface area contributed by atoms with E-state index >= 15 is 0 Å². The molecule has 0 spiro atoms. The van der Waals surface area contributed by atoms with Crippen LogP contribution in [-0.4, -0.2) is 35.1 Å². The fraction of sp³-hybridized carbons (Fsp3) is 0.0909. The van der Waals surface area contributed by atoms with E-state index in [1.54, 1.807) is 44.6 Å².